The Morgan fingerprint density at radius 3 is 2.73 bits per heavy atom. The number of rotatable bonds is 6. The number of phenols is 1. The van der Waals surface area contributed by atoms with Crippen molar-refractivity contribution in [1.29, 1.82) is 0 Å². The second kappa shape index (κ2) is 7.84. The van der Waals surface area contributed by atoms with E-state index < -0.39 is 6.04 Å². The fraction of sp³-hybridized carbons (Fsp3) is 0.200. The van der Waals surface area contributed by atoms with Crippen LogP contribution in [0.1, 0.15) is 40.5 Å². The summed E-state index contributed by atoms with van der Waals surface area (Å²) >= 11 is 0. The van der Waals surface area contributed by atoms with Crippen LogP contribution >= 0.6 is 0 Å². The van der Waals surface area contributed by atoms with Crippen molar-refractivity contribution in [3.8, 4) is 5.75 Å². The molecule has 3 aromatic rings. The van der Waals surface area contributed by atoms with E-state index >= 15 is 0 Å². The molecule has 0 fully saturated rings. The molecule has 26 heavy (non-hydrogen) atoms. The number of phenolic OH excluding ortho intramolecular Hbond substituents is 1. The third-order valence-electron chi connectivity index (χ3n) is 4.06. The molecule has 0 radical (unpaired) electrons. The van der Waals surface area contributed by atoms with Crippen LogP contribution in [-0.2, 0) is 12.8 Å². The molecular weight excluding hydrogens is 330 g/mol. The van der Waals surface area contributed by atoms with Crippen LogP contribution in [-0.4, -0.2) is 16.0 Å². The number of carbonyl (C=O) groups is 1. The Balaban J connectivity index is 1.66. The van der Waals surface area contributed by atoms with Gasteiger partial charge in [-0.05, 0) is 48.2 Å². The lowest BCUT2D eigenvalue weighted by molar-refractivity contribution is 0.102. The molecule has 6 heteroatoms. The second-order valence-corrected chi connectivity index (χ2v) is 6.06. The van der Waals surface area contributed by atoms with Gasteiger partial charge in [0.25, 0.3) is 5.91 Å². The van der Waals surface area contributed by atoms with E-state index in [9.17, 15) is 9.90 Å². The number of hydrogen-bond donors (Lipinski definition) is 3. The van der Waals surface area contributed by atoms with E-state index in [0.29, 0.717) is 18.0 Å². The third-order valence-corrected chi connectivity index (χ3v) is 4.06. The van der Waals surface area contributed by atoms with Gasteiger partial charge in [0.1, 0.15) is 12.0 Å². The van der Waals surface area contributed by atoms with E-state index in [0.717, 1.165) is 17.5 Å². The molecule has 1 amide bonds. The van der Waals surface area contributed by atoms with Crippen molar-refractivity contribution in [1.82, 2.24) is 4.98 Å². The molecule has 1 heterocycles. The Hall–Kier alpha value is -3.12. The van der Waals surface area contributed by atoms with E-state index in [1.54, 1.807) is 24.3 Å². The molecule has 0 spiro atoms. The van der Waals surface area contributed by atoms with Crippen molar-refractivity contribution in [2.75, 3.05) is 5.32 Å². The SMILES string of the molecule is CCc1cccc(NC(=O)c2coc(C(N)Cc3ccc(O)cc3)n2)c1. The largest absolute Gasteiger partial charge is 0.508 e. The fourth-order valence-electron chi connectivity index (χ4n) is 2.60. The monoisotopic (exact) mass is 351 g/mol. The summed E-state index contributed by atoms with van der Waals surface area (Å²) in [6.07, 6.45) is 2.69. The molecule has 0 saturated heterocycles. The number of oxazole rings is 1. The molecular formula is C20H21N3O3. The molecule has 3 rings (SSSR count). The number of anilines is 1. The standard InChI is InChI=1S/C20H21N3O3/c1-2-13-4-3-5-15(10-13)22-19(25)18-12-26-20(23-18)17(21)11-14-6-8-16(24)9-7-14/h3-10,12,17,24H,2,11,21H2,1H3,(H,22,25). The molecule has 0 aliphatic heterocycles. The first-order valence-corrected chi connectivity index (χ1v) is 8.44. The second-order valence-electron chi connectivity index (χ2n) is 6.06. The maximum Gasteiger partial charge on any atom is 0.277 e. The quantitative estimate of drug-likeness (QED) is 0.631. The van der Waals surface area contributed by atoms with Gasteiger partial charge in [0.05, 0.1) is 6.04 Å². The Kier molecular flexibility index (Phi) is 5.34. The van der Waals surface area contributed by atoms with Gasteiger partial charge in [-0.2, -0.15) is 0 Å². The van der Waals surface area contributed by atoms with Gasteiger partial charge in [-0.15, -0.1) is 0 Å². The molecule has 6 nitrogen and oxygen atoms in total. The first kappa shape index (κ1) is 17.7. The number of aromatic hydroxyl groups is 1. The molecule has 0 aliphatic rings. The van der Waals surface area contributed by atoms with Gasteiger partial charge in [-0.1, -0.05) is 31.2 Å². The van der Waals surface area contributed by atoms with Gasteiger partial charge in [-0.3, -0.25) is 4.79 Å². The minimum atomic E-state index is -0.482. The zero-order valence-corrected chi connectivity index (χ0v) is 14.5. The molecule has 2 aromatic carbocycles. The van der Waals surface area contributed by atoms with E-state index in [4.69, 9.17) is 10.2 Å². The lowest BCUT2D eigenvalue weighted by Crippen LogP contribution is -2.16. The van der Waals surface area contributed by atoms with Crippen molar-refractivity contribution < 1.29 is 14.3 Å². The number of benzene rings is 2. The van der Waals surface area contributed by atoms with Gasteiger partial charge in [0.2, 0.25) is 5.89 Å². The van der Waals surface area contributed by atoms with Crippen LogP contribution in [0.4, 0.5) is 5.69 Å². The highest BCUT2D eigenvalue weighted by Gasteiger charge is 2.17. The van der Waals surface area contributed by atoms with Crippen LogP contribution in [0.3, 0.4) is 0 Å². The van der Waals surface area contributed by atoms with Crippen LogP contribution in [0, 0.1) is 0 Å². The zero-order valence-electron chi connectivity index (χ0n) is 14.5. The molecule has 1 aromatic heterocycles. The van der Waals surface area contributed by atoms with Crippen LogP contribution < -0.4 is 11.1 Å². The summed E-state index contributed by atoms with van der Waals surface area (Å²) in [7, 11) is 0. The van der Waals surface area contributed by atoms with Crippen LogP contribution in [0.15, 0.2) is 59.2 Å². The van der Waals surface area contributed by atoms with Gasteiger partial charge < -0.3 is 20.6 Å². The number of nitrogens with two attached hydrogens (primary N) is 1. The summed E-state index contributed by atoms with van der Waals surface area (Å²) in [5.41, 5.74) is 9.10. The number of amides is 1. The average molecular weight is 351 g/mol. The Bertz CT molecular complexity index is 887. The summed E-state index contributed by atoms with van der Waals surface area (Å²) in [5, 5.41) is 12.1. The minimum Gasteiger partial charge on any atom is -0.508 e. The lowest BCUT2D eigenvalue weighted by Gasteiger charge is -2.07. The molecule has 0 bridgehead atoms. The van der Waals surface area contributed by atoms with Crippen molar-refractivity contribution in [3.05, 3.63) is 77.5 Å². The normalized spacial score (nSPS) is 11.9. The molecule has 0 saturated carbocycles. The smallest absolute Gasteiger partial charge is 0.277 e. The molecule has 0 aliphatic carbocycles. The minimum absolute atomic E-state index is 0.183. The van der Waals surface area contributed by atoms with Crippen molar-refractivity contribution in [2.45, 2.75) is 25.8 Å². The predicted molar refractivity (Wildman–Crippen MR) is 99.0 cm³/mol. The van der Waals surface area contributed by atoms with E-state index in [2.05, 4.69) is 17.2 Å². The van der Waals surface area contributed by atoms with Crippen molar-refractivity contribution >= 4 is 11.6 Å². The summed E-state index contributed by atoms with van der Waals surface area (Å²) < 4.78 is 5.38. The van der Waals surface area contributed by atoms with Crippen LogP contribution in [0.5, 0.6) is 5.75 Å². The molecule has 134 valence electrons. The van der Waals surface area contributed by atoms with Crippen LogP contribution in [0.25, 0.3) is 0 Å². The summed E-state index contributed by atoms with van der Waals surface area (Å²) in [6.45, 7) is 2.06. The number of nitrogens with zero attached hydrogens (tertiary/aromatic N) is 1. The Morgan fingerprint density at radius 1 is 1.23 bits per heavy atom. The number of nitrogens with one attached hydrogen (secondary N) is 1. The van der Waals surface area contributed by atoms with E-state index in [1.165, 1.54) is 6.26 Å². The highest BCUT2D eigenvalue weighted by Crippen LogP contribution is 2.19. The summed E-state index contributed by atoms with van der Waals surface area (Å²) in [5.74, 6) is 0.153. The topological polar surface area (TPSA) is 101 Å². The molecule has 1 atom stereocenters. The number of aryl methyl sites for hydroxylation is 1. The fourth-order valence-corrected chi connectivity index (χ4v) is 2.60. The Morgan fingerprint density at radius 2 is 2.00 bits per heavy atom. The highest BCUT2D eigenvalue weighted by atomic mass is 16.3. The van der Waals surface area contributed by atoms with E-state index in [-0.39, 0.29) is 17.4 Å². The zero-order chi connectivity index (χ0) is 18.5. The highest BCUT2D eigenvalue weighted by molar-refractivity contribution is 6.02. The molecule has 4 N–H and O–H groups in total. The first-order valence-electron chi connectivity index (χ1n) is 8.44. The summed E-state index contributed by atoms with van der Waals surface area (Å²) in [4.78, 5) is 16.6. The number of aromatic nitrogens is 1. The van der Waals surface area contributed by atoms with Gasteiger partial charge in [0, 0.05) is 5.69 Å². The Labute approximate surface area is 151 Å². The summed E-state index contributed by atoms with van der Waals surface area (Å²) in [6, 6.07) is 13.9. The van der Waals surface area contributed by atoms with Gasteiger partial charge in [0.15, 0.2) is 5.69 Å². The van der Waals surface area contributed by atoms with Crippen molar-refractivity contribution in [3.63, 3.8) is 0 Å². The van der Waals surface area contributed by atoms with Gasteiger partial charge >= 0.3 is 0 Å². The lowest BCUT2D eigenvalue weighted by atomic mass is 10.1. The average Bonchev–Trinajstić information content (AvgIpc) is 3.14. The third kappa shape index (κ3) is 4.29. The first-order chi connectivity index (χ1) is 12.5. The van der Waals surface area contributed by atoms with Crippen LogP contribution in [0.2, 0.25) is 0 Å². The van der Waals surface area contributed by atoms with Crippen molar-refractivity contribution in [2.24, 2.45) is 5.73 Å². The number of hydrogen-bond acceptors (Lipinski definition) is 5. The molecule has 1 unspecified atom stereocenters. The maximum atomic E-state index is 12.3. The predicted octanol–water partition coefficient (Wildman–Crippen LogP) is 3.44. The number of carbonyl (C=O) groups excluding carboxylic acids is 1. The maximum absolute atomic E-state index is 12.3. The van der Waals surface area contributed by atoms with Gasteiger partial charge in [-0.25, -0.2) is 4.98 Å². The van der Waals surface area contributed by atoms with E-state index in [1.807, 2.05) is 24.3 Å².